The molecule has 2 aromatic heterocycles. The highest BCUT2D eigenvalue weighted by Crippen LogP contribution is 2.17. The number of amides is 2. The number of hydrazine groups is 1. The summed E-state index contributed by atoms with van der Waals surface area (Å²) < 4.78 is 4.85. The number of ether oxygens (including phenoxy) is 1. The number of rotatable bonds is 5. The van der Waals surface area contributed by atoms with E-state index >= 15 is 0 Å². The Morgan fingerprint density at radius 3 is 2.74 bits per heavy atom. The molecule has 0 saturated carbocycles. The number of pyridine rings is 1. The second-order valence-electron chi connectivity index (χ2n) is 5.34. The molecule has 0 spiro atoms. The number of carbonyl (C=O) groups excluding carboxylic acids is 3. The molecule has 0 aliphatic heterocycles. The van der Waals surface area contributed by atoms with E-state index in [1.807, 2.05) is 30.3 Å². The standard InChI is InChI=1S/C19H15N3O4S/c23-16(21-22-19(25)15-7-3-11-27-15)12-26-17(24)9-8-14-5-1-4-13-6-2-10-20-18(13)14/h1-11H,12H2,(H,21,23)(H,22,25)/b9-8+. The number of fused-ring (bicyclic) bond motifs is 1. The number of thiophene rings is 1. The van der Waals surface area contributed by atoms with Crippen molar-refractivity contribution in [2.24, 2.45) is 0 Å². The molecule has 0 saturated heterocycles. The summed E-state index contributed by atoms with van der Waals surface area (Å²) in [6, 6.07) is 12.7. The molecule has 0 bridgehead atoms. The maximum absolute atomic E-state index is 11.8. The maximum atomic E-state index is 11.8. The van der Waals surface area contributed by atoms with Gasteiger partial charge < -0.3 is 4.74 Å². The Hall–Kier alpha value is -3.52. The summed E-state index contributed by atoms with van der Waals surface area (Å²) in [6.07, 6.45) is 4.47. The van der Waals surface area contributed by atoms with Crippen molar-refractivity contribution >= 4 is 46.1 Å². The summed E-state index contributed by atoms with van der Waals surface area (Å²) in [5, 5.41) is 2.70. The lowest BCUT2D eigenvalue weighted by molar-refractivity contribution is -0.144. The van der Waals surface area contributed by atoms with Crippen molar-refractivity contribution in [2.45, 2.75) is 0 Å². The van der Waals surface area contributed by atoms with Gasteiger partial charge in [0.15, 0.2) is 6.61 Å². The van der Waals surface area contributed by atoms with Crippen molar-refractivity contribution in [2.75, 3.05) is 6.61 Å². The second-order valence-corrected chi connectivity index (χ2v) is 6.29. The molecular formula is C19H15N3O4S. The molecule has 0 radical (unpaired) electrons. The van der Waals surface area contributed by atoms with E-state index in [2.05, 4.69) is 15.8 Å². The number of hydrogen-bond acceptors (Lipinski definition) is 6. The van der Waals surface area contributed by atoms with E-state index in [-0.39, 0.29) is 0 Å². The molecule has 0 unspecified atom stereocenters. The Bertz CT molecular complexity index is 994. The number of carbonyl (C=O) groups is 3. The van der Waals surface area contributed by atoms with Gasteiger partial charge in [-0.15, -0.1) is 11.3 Å². The highest BCUT2D eigenvalue weighted by Gasteiger charge is 2.09. The molecule has 2 heterocycles. The van der Waals surface area contributed by atoms with Gasteiger partial charge in [-0.25, -0.2) is 4.79 Å². The van der Waals surface area contributed by atoms with Crippen LogP contribution in [0.4, 0.5) is 0 Å². The van der Waals surface area contributed by atoms with Crippen LogP contribution in [0.2, 0.25) is 0 Å². The number of hydrogen-bond donors (Lipinski definition) is 2. The third-order valence-corrected chi connectivity index (χ3v) is 4.34. The molecule has 0 atom stereocenters. The number of nitrogens with one attached hydrogen (secondary N) is 2. The monoisotopic (exact) mass is 381 g/mol. The lowest BCUT2D eigenvalue weighted by atomic mass is 10.1. The molecule has 3 rings (SSSR count). The summed E-state index contributed by atoms with van der Waals surface area (Å²) in [4.78, 5) is 39.8. The minimum atomic E-state index is -0.678. The van der Waals surface area contributed by atoms with Crippen molar-refractivity contribution in [1.29, 1.82) is 0 Å². The van der Waals surface area contributed by atoms with Crippen LogP contribution in [0, 0.1) is 0 Å². The molecule has 2 amide bonds. The number of nitrogens with zero attached hydrogens (tertiary/aromatic N) is 1. The Kier molecular flexibility index (Phi) is 5.91. The highest BCUT2D eigenvalue weighted by molar-refractivity contribution is 7.12. The van der Waals surface area contributed by atoms with Gasteiger partial charge in [0.2, 0.25) is 0 Å². The van der Waals surface area contributed by atoms with Crippen LogP contribution in [-0.2, 0) is 14.3 Å². The first-order chi connectivity index (χ1) is 13.1. The topological polar surface area (TPSA) is 97.4 Å². The third-order valence-electron chi connectivity index (χ3n) is 3.47. The van der Waals surface area contributed by atoms with Gasteiger partial charge in [-0.2, -0.15) is 0 Å². The molecule has 0 fully saturated rings. The average molecular weight is 381 g/mol. The molecular weight excluding hydrogens is 366 g/mol. The van der Waals surface area contributed by atoms with Crippen LogP contribution < -0.4 is 10.9 Å². The fraction of sp³-hybridized carbons (Fsp3) is 0.0526. The van der Waals surface area contributed by atoms with Crippen LogP contribution in [0.25, 0.3) is 17.0 Å². The van der Waals surface area contributed by atoms with Crippen LogP contribution >= 0.6 is 11.3 Å². The number of benzene rings is 1. The first-order valence-electron chi connectivity index (χ1n) is 7.95. The van der Waals surface area contributed by atoms with Gasteiger partial charge in [-0.3, -0.25) is 25.4 Å². The summed E-state index contributed by atoms with van der Waals surface area (Å²) in [5.41, 5.74) is 5.95. The molecule has 136 valence electrons. The predicted octanol–water partition coefficient (Wildman–Crippen LogP) is 2.31. The van der Waals surface area contributed by atoms with E-state index in [9.17, 15) is 14.4 Å². The van der Waals surface area contributed by atoms with E-state index < -0.39 is 24.4 Å². The smallest absolute Gasteiger partial charge is 0.331 e. The minimum absolute atomic E-state index is 0.437. The summed E-state index contributed by atoms with van der Waals surface area (Å²) in [5.74, 6) is -1.76. The quantitative estimate of drug-likeness (QED) is 0.402. The van der Waals surface area contributed by atoms with Crippen molar-refractivity contribution in [3.63, 3.8) is 0 Å². The zero-order chi connectivity index (χ0) is 19.1. The van der Waals surface area contributed by atoms with Crippen molar-refractivity contribution in [3.8, 4) is 0 Å². The average Bonchev–Trinajstić information content (AvgIpc) is 3.23. The third kappa shape index (κ3) is 4.99. The van der Waals surface area contributed by atoms with Crippen LogP contribution in [-0.4, -0.2) is 29.4 Å². The predicted molar refractivity (Wildman–Crippen MR) is 102 cm³/mol. The first-order valence-corrected chi connectivity index (χ1v) is 8.83. The molecule has 27 heavy (non-hydrogen) atoms. The number of para-hydroxylation sites is 1. The summed E-state index contributed by atoms with van der Waals surface area (Å²) >= 11 is 1.24. The summed E-state index contributed by atoms with van der Waals surface area (Å²) in [7, 11) is 0. The number of aromatic nitrogens is 1. The fourth-order valence-electron chi connectivity index (χ4n) is 2.24. The van der Waals surface area contributed by atoms with E-state index in [0.29, 0.717) is 4.88 Å². The lowest BCUT2D eigenvalue weighted by Gasteiger charge is -2.06. The highest BCUT2D eigenvalue weighted by atomic mass is 32.1. The van der Waals surface area contributed by atoms with E-state index in [1.165, 1.54) is 17.4 Å². The van der Waals surface area contributed by atoms with Gasteiger partial charge >= 0.3 is 5.97 Å². The Balaban J connectivity index is 1.48. The van der Waals surface area contributed by atoms with Gasteiger partial charge in [0.1, 0.15) is 0 Å². The fourth-order valence-corrected chi connectivity index (χ4v) is 2.86. The van der Waals surface area contributed by atoms with E-state index in [4.69, 9.17) is 4.74 Å². The molecule has 3 aromatic rings. The normalized spacial score (nSPS) is 10.7. The van der Waals surface area contributed by atoms with Crippen molar-refractivity contribution in [1.82, 2.24) is 15.8 Å². The van der Waals surface area contributed by atoms with Crippen LogP contribution in [0.1, 0.15) is 15.2 Å². The Morgan fingerprint density at radius 1 is 1.07 bits per heavy atom. The largest absolute Gasteiger partial charge is 0.452 e. The van der Waals surface area contributed by atoms with Crippen molar-refractivity contribution < 1.29 is 19.1 Å². The maximum Gasteiger partial charge on any atom is 0.331 e. The van der Waals surface area contributed by atoms with Gasteiger partial charge in [0.05, 0.1) is 10.4 Å². The van der Waals surface area contributed by atoms with Crippen LogP contribution in [0.15, 0.2) is 60.1 Å². The molecule has 7 nitrogen and oxygen atoms in total. The van der Waals surface area contributed by atoms with Crippen LogP contribution in [0.3, 0.4) is 0 Å². The van der Waals surface area contributed by atoms with Gasteiger partial charge in [-0.05, 0) is 23.6 Å². The first kappa shape index (κ1) is 18.3. The SMILES string of the molecule is O=C(COC(=O)/C=C/c1cccc2cccnc12)NNC(=O)c1cccs1. The van der Waals surface area contributed by atoms with Gasteiger partial charge in [0.25, 0.3) is 11.8 Å². The Labute approximate surface area is 158 Å². The van der Waals surface area contributed by atoms with E-state index in [1.54, 1.807) is 29.8 Å². The zero-order valence-electron chi connectivity index (χ0n) is 14.0. The zero-order valence-corrected chi connectivity index (χ0v) is 14.9. The molecule has 8 heteroatoms. The Morgan fingerprint density at radius 2 is 1.93 bits per heavy atom. The molecule has 1 aromatic carbocycles. The van der Waals surface area contributed by atoms with E-state index in [0.717, 1.165) is 16.5 Å². The second kappa shape index (κ2) is 8.72. The van der Waals surface area contributed by atoms with Crippen LogP contribution in [0.5, 0.6) is 0 Å². The van der Waals surface area contributed by atoms with Crippen molar-refractivity contribution in [3.05, 3.63) is 70.6 Å². The summed E-state index contributed by atoms with van der Waals surface area (Å²) in [6.45, 7) is -0.512. The van der Waals surface area contributed by atoms with Gasteiger partial charge in [0, 0.05) is 23.2 Å². The molecule has 0 aliphatic carbocycles. The number of esters is 1. The lowest BCUT2D eigenvalue weighted by Crippen LogP contribution is -2.43. The molecule has 0 aliphatic rings. The molecule has 2 N–H and O–H groups in total. The minimum Gasteiger partial charge on any atom is -0.452 e. The van der Waals surface area contributed by atoms with Gasteiger partial charge in [-0.1, -0.05) is 30.3 Å².